The first kappa shape index (κ1) is 12.0. The lowest BCUT2D eigenvalue weighted by Gasteiger charge is -2.38. The number of carbonyl (C=O) groups is 1. The molecule has 0 aliphatic heterocycles. The van der Waals surface area contributed by atoms with Crippen molar-refractivity contribution in [1.82, 2.24) is 4.98 Å². The van der Waals surface area contributed by atoms with Gasteiger partial charge in [-0.25, -0.2) is 4.79 Å². The Bertz CT molecular complexity index is 412. The third kappa shape index (κ3) is 2.60. The summed E-state index contributed by atoms with van der Waals surface area (Å²) >= 11 is 0. The second-order valence-electron chi connectivity index (χ2n) is 5.27. The number of oxazole rings is 1. The summed E-state index contributed by atoms with van der Waals surface area (Å²) in [6.07, 6.45) is 5.83. The van der Waals surface area contributed by atoms with Gasteiger partial charge in [-0.05, 0) is 18.3 Å². The molecular weight excluding hydrogens is 220 g/mol. The smallest absolute Gasteiger partial charge is 0.357 e. The standard InChI is InChI=1S/C12H18N2O3/c1-12(2)6-4-3-5-9(12)14-11-13-8(7-17-11)10(15)16/h7,9H,3-6H2,1-2H3,(H,13,14)(H,15,16). The van der Waals surface area contributed by atoms with Crippen LogP contribution in [0.3, 0.4) is 0 Å². The maximum Gasteiger partial charge on any atom is 0.357 e. The van der Waals surface area contributed by atoms with E-state index in [1.807, 2.05) is 0 Å². The summed E-state index contributed by atoms with van der Waals surface area (Å²) in [6, 6.07) is 0.596. The molecule has 17 heavy (non-hydrogen) atoms. The SMILES string of the molecule is CC1(C)CCCCC1Nc1nc(C(=O)O)co1. The van der Waals surface area contributed by atoms with Crippen molar-refractivity contribution < 1.29 is 14.3 Å². The van der Waals surface area contributed by atoms with Crippen LogP contribution in [0.5, 0.6) is 0 Å². The van der Waals surface area contributed by atoms with Crippen molar-refractivity contribution in [2.45, 2.75) is 45.6 Å². The summed E-state index contributed by atoms with van der Waals surface area (Å²) in [4.78, 5) is 14.6. The van der Waals surface area contributed by atoms with E-state index in [1.165, 1.54) is 19.1 Å². The Morgan fingerprint density at radius 1 is 1.59 bits per heavy atom. The van der Waals surface area contributed by atoms with Crippen LogP contribution in [-0.2, 0) is 0 Å². The van der Waals surface area contributed by atoms with Crippen LogP contribution in [0.4, 0.5) is 6.01 Å². The number of rotatable bonds is 3. The van der Waals surface area contributed by atoms with Crippen LogP contribution in [0.25, 0.3) is 0 Å². The Hall–Kier alpha value is -1.52. The Labute approximate surface area is 100 Å². The molecule has 1 heterocycles. The molecule has 1 fully saturated rings. The van der Waals surface area contributed by atoms with E-state index in [1.54, 1.807) is 0 Å². The van der Waals surface area contributed by atoms with Gasteiger partial charge < -0.3 is 14.8 Å². The first-order chi connectivity index (χ1) is 7.99. The normalized spacial score (nSPS) is 23.3. The topological polar surface area (TPSA) is 75.4 Å². The van der Waals surface area contributed by atoms with E-state index in [4.69, 9.17) is 9.52 Å². The molecule has 5 heteroatoms. The summed E-state index contributed by atoms with van der Waals surface area (Å²) in [5.41, 5.74) is 0.136. The molecule has 1 unspecified atom stereocenters. The van der Waals surface area contributed by atoms with Crippen LogP contribution < -0.4 is 5.32 Å². The van der Waals surface area contributed by atoms with Crippen molar-refractivity contribution in [3.05, 3.63) is 12.0 Å². The quantitative estimate of drug-likeness (QED) is 0.846. The highest BCUT2D eigenvalue weighted by Crippen LogP contribution is 2.37. The average molecular weight is 238 g/mol. The largest absolute Gasteiger partial charge is 0.476 e. The van der Waals surface area contributed by atoms with E-state index in [0.717, 1.165) is 12.8 Å². The molecule has 1 aromatic rings. The minimum atomic E-state index is -1.07. The van der Waals surface area contributed by atoms with Gasteiger partial charge in [-0.3, -0.25) is 0 Å². The number of aromatic carboxylic acids is 1. The van der Waals surface area contributed by atoms with E-state index in [9.17, 15) is 4.79 Å². The summed E-state index contributed by atoms with van der Waals surface area (Å²) < 4.78 is 5.12. The van der Waals surface area contributed by atoms with Crippen LogP contribution >= 0.6 is 0 Å². The van der Waals surface area contributed by atoms with Crippen molar-refractivity contribution in [3.63, 3.8) is 0 Å². The van der Waals surface area contributed by atoms with E-state index in [0.29, 0.717) is 6.01 Å². The highest BCUT2D eigenvalue weighted by Gasteiger charge is 2.33. The van der Waals surface area contributed by atoms with Gasteiger partial charge in [0.15, 0.2) is 5.69 Å². The first-order valence-corrected chi connectivity index (χ1v) is 5.94. The van der Waals surface area contributed by atoms with Gasteiger partial charge in [-0.2, -0.15) is 4.98 Å². The van der Waals surface area contributed by atoms with Gasteiger partial charge in [0.25, 0.3) is 6.01 Å². The highest BCUT2D eigenvalue weighted by atomic mass is 16.4. The Morgan fingerprint density at radius 3 is 2.94 bits per heavy atom. The molecule has 1 saturated carbocycles. The van der Waals surface area contributed by atoms with Crippen molar-refractivity contribution in [1.29, 1.82) is 0 Å². The van der Waals surface area contributed by atoms with E-state index < -0.39 is 5.97 Å². The molecule has 1 aromatic heterocycles. The average Bonchev–Trinajstić information content (AvgIpc) is 2.70. The molecule has 2 N–H and O–H groups in total. The number of carboxylic acids is 1. The monoisotopic (exact) mass is 238 g/mol. The zero-order valence-electron chi connectivity index (χ0n) is 10.2. The summed E-state index contributed by atoms with van der Waals surface area (Å²) in [5.74, 6) is -1.07. The van der Waals surface area contributed by atoms with Crippen molar-refractivity contribution in [2.75, 3.05) is 5.32 Å². The lowest BCUT2D eigenvalue weighted by molar-refractivity contribution is 0.0690. The molecule has 0 radical (unpaired) electrons. The number of nitrogens with zero attached hydrogens (tertiary/aromatic N) is 1. The second kappa shape index (κ2) is 4.39. The van der Waals surface area contributed by atoms with Gasteiger partial charge in [0.2, 0.25) is 0 Å². The van der Waals surface area contributed by atoms with Gasteiger partial charge >= 0.3 is 5.97 Å². The molecular formula is C12H18N2O3. The molecule has 5 nitrogen and oxygen atoms in total. The number of nitrogens with one attached hydrogen (secondary N) is 1. The number of carboxylic acid groups (broad SMARTS) is 1. The minimum Gasteiger partial charge on any atom is -0.476 e. The van der Waals surface area contributed by atoms with Crippen LogP contribution in [0.15, 0.2) is 10.7 Å². The lowest BCUT2D eigenvalue weighted by atomic mass is 9.73. The third-order valence-electron chi connectivity index (χ3n) is 3.53. The Morgan fingerprint density at radius 2 is 2.35 bits per heavy atom. The number of aromatic nitrogens is 1. The fraction of sp³-hybridized carbons (Fsp3) is 0.667. The van der Waals surface area contributed by atoms with Crippen LogP contribution in [0.1, 0.15) is 50.0 Å². The second-order valence-corrected chi connectivity index (χ2v) is 5.27. The molecule has 94 valence electrons. The van der Waals surface area contributed by atoms with Gasteiger partial charge in [-0.1, -0.05) is 26.7 Å². The lowest BCUT2D eigenvalue weighted by Crippen LogP contribution is -2.39. The molecule has 0 amide bonds. The van der Waals surface area contributed by atoms with Crippen LogP contribution in [-0.4, -0.2) is 22.1 Å². The molecule has 1 atom stereocenters. The zero-order valence-corrected chi connectivity index (χ0v) is 10.2. The fourth-order valence-corrected chi connectivity index (χ4v) is 2.35. The summed E-state index contributed by atoms with van der Waals surface area (Å²) in [6.45, 7) is 4.43. The molecule has 0 aromatic carbocycles. The van der Waals surface area contributed by atoms with E-state index in [-0.39, 0.29) is 17.2 Å². The summed E-state index contributed by atoms with van der Waals surface area (Å²) in [5, 5.41) is 12.0. The van der Waals surface area contributed by atoms with E-state index in [2.05, 4.69) is 24.1 Å². The zero-order chi connectivity index (χ0) is 12.5. The van der Waals surface area contributed by atoms with Gasteiger partial charge in [0, 0.05) is 6.04 Å². The number of hydrogen-bond acceptors (Lipinski definition) is 4. The van der Waals surface area contributed by atoms with Gasteiger partial charge in [-0.15, -0.1) is 0 Å². The molecule has 1 aliphatic rings. The Kier molecular flexibility index (Phi) is 3.09. The van der Waals surface area contributed by atoms with Gasteiger partial charge in [0.1, 0.15) is 6.26 Å². The van der Waals surface area contributed by atoms with Crippen molar-refractivity contribution >= 4 is 12.0 Å². The first-order valence-electron chi connectivity index (χ1n) is 5.94. The molecule has 1 aliphatic carbocycles. The highest BCUT2D eigenvalue weighted by molar-refractivity contribution is 5.85. The molecule has 0 bridgehead atoms. The predicted octanol–water partition coefficient (Wildman–Crippen LogP) is 2.75. The number of hydrogen-bond donors (Lipinski definition) is 2. The van der Waals surface area contributed by atoms with Crippen LogP contribution in [0, 0.1) is 5.41 Å². The maximum atomic E-state index is 10.7. The van der Waals surface area contributed by atoms with E-state index >= 15 is 0 Å². The summed E-state index contributed by atoms with van der Waals surface area (Å²) in [7, 11) is 0. The molecule has 0 saturated heterocycles. The Balaban J connectivity index is 2.06. The molecule has 0 spiro atoms. The molecule has 2 rings (SSSR count). The fourth-order valence-electron chi connectivity index (χ4n) is 2.35. The number of anilines is 1. The van der Waals surface area contributed by atoms with Crippen molar-refractivity contribution in [3.8, 4) is 0 Å². The predicted molar refractivity (Wildman–Crippen MR) is 63.1 cm³/mol. The van der Waals surface area contributed by atoms with Crippen molar-refractivity contribution in [2.24, 2.45) is 5.41 Å². The van der Waals surface area contributed by atoms with Crippen LogP contribution in [0.2, 0.25) is 0 Å². The maximum absolute atomic E-state index is 10.7. The minimum absolute atomic E-state index is 0.0545. The third-order valence-corrected chi connectivity index (χ3v) is 3.53. The van der Waals surface area contributed by atoms with Gasteiger partial charge in [0.05, 0.1) is 0 Å².